The minimum Gasteiger partial charge on any atom is -0.377 e. The number of nitrogens with zero attached hydrogens (tertiary/aromatic N) is 1. The highest BCUT2D eigenvalue weighted by Crippen LogP contribution is 2.22. The molecule has 1 rings (SSSR count). The van der Waals surface area contributed by atoms with E-state index in [4.69, 9.17) is 0 Å². The van der Waals surface area contributed by atoms with Gasteiger partial charge in [-0.15, -0.1) is 0 Å². The molecule has 0 saturated carbocycles. The molecule has 0 aliphatic carbocycles. The molecule has 0 aromatic rings. The smallest absolute Gasteiger partial charge is 0.377 e. The zero-order valence-electron chi connectivity index (χ0n) is 11.0. The van der Waals surface area contributed by atoms with Crippen molar-refractivity contribution < 1.29 is 18.0 Å². The maximum atomic E-state index is 12.2. The maximum absolute atomic E-state index is 12.2. The summed E-state index contributed by atoms with van der Waals surface area (Å²) in [6.45, 7) is 3.76. The Morgan fingerprint density at radius 3 is 2.32 bits per heavy atom. The second-order valence-electron chi connectivity index (χ2n) is 4.45. The Hall–Kier alpha value is -0.910. The van der Waals surface area contributed by atoms with Crippen molar-refractivity contribution in [1.82, 2.24) is 4.90 Å². The standard InChI is InChI=1S/C13H18F3NOS/c1-10(19-2)11(9-17-7-3-4-8-17)5-6-12(18)13(14,15)16/h5-6,9-10H,3-4,7-8H2,1-2H3. The van der Waals surface area contributed by atoms with Gasteiger partial charge in [0.25, 0.3) is 5.78 Å². The van der Waals surface area contributed by atoms with Gasteiger partial charge in [-0.25, -0.2) is 0 Å². The van der Waals surface area contributed by atoms with Crippen LogP contribution in [0.1, 0.15) is 19.8 Å². The third-order valence-electron chi connectivity index (χ3n) is 3.00. The van der Waals surface area contributed by atoms with E-state index in [2.05, 4.69) is 4.90 Å². The van der Waals surface area contributed by atoms with E-state index in [1.54, 1.807) is 0 Å². The first-order valence-corrected chi connectivity index (χ1v) is 7.41. The van der Waals surface area contributed by atoms with Crippen molar-refractivity contribution in [2.24, 2.45) is 0 Å². The third kappa shape index (κ3) is 5.30. The molecular weight excluding hydrogens is 275 g/mol. The second kappa shape index (κ2) is 7.03. The fraction of sp³-hybridized carbons (Fsp3) is 0.615. The van der Waals surface area contributed by atoms with E-state index < -0.39 is 12.0 Å². The molecule has 1 heterocycles. The summed E-state index contributed by atoms with van der Waals surface area (Å²) in [5, 5.41) is 0.0536. The van der Waals surface area contributed by atoms with Gasteiger partial charge in [0.1, 0.15) is 0 Å². The SMILES string of the molecule is CSC(C)C(C=CC(=O)C(F)(F)F)=CN1CCCC1. The van der Waals surface area contributed by atoms with Crippen molar-refractivity contribution in [2.45, 2.75) is 31.2 Å². The van der Waals surface area contributed by atoms with E-state index in [1.165, 1.54) is 17.8 Å². The average molecular weight is 293 g/mol. The molecule has 1 aliphatic heterocycles. The first-order valence-electron chi connectivity index (χ1n) is 6.12. The molecule has 0 spiro atoms. The van der Waals surface area contributed by atoms with Crippen molar-refractivity contribution in [2.75, 3.05) is 19.3 Å². The largest absolute Gasteiger partial charge is 0.454 e. The molecule has 108 valence electrons. The Kier molecular flexibility index (Phi) is 5.97. The van der Waals surface area contributed by atoms with Crippen molar-refractivity contribution in [3.8, 4) is 0 Å². The van der Waals surface area contributed by atoms with Gasteiger partial charge >= 0.3 is 6.18 Å². The van der Waals surface area contributed by atoms with Crippen LogP contribution in [0.4, 0.5) is 13.2 Å². The number of allylic oxidation sites excluding steroid dienone is 2. The fourth-order valence-electron chi connectivity index (χ4n) is 1.77. The molecule has 0 aromatic carbocycles. The number of alkyl halides is 3. The van der Waals surface area contributed by atoms with Crippen LogP contribution in [-0.4, -0.2) is 41.5 Å². The van der Waals surface area contributed by atoms with Gasteiger partial charge in [0.2, 0.25) is 0 Å². The van der Waals surface area contributed by atoms with Crippen LogP contribution in [0.5, 0.6) is 0 Å². The second-order valence-corrected chi connectivity index (χ2v) is 5.62. The topological polar surface area (TPSA) is 20.3 Å². The lowest BCUT2D eigenvalue weighted by Gasteiger charge is -2.17. The van der Waals surface area contributed by atoms with Crippen LogP contribution in [0.2, 0.25) is 0 Å². The van der Waals surface area contributed by atoms with E-state index >= 15 is 0 Å². The molecule has 0 N–H and O–H groups in total. The molecule has 1 atom stereocenters. The molecule has 19 heavy (non-hydrogen) atoms. The molecule has 6 heteroatoms. The third-order valence-corrected chi connectivity index (χ3v) is 3.98. The van der Waals surface area contributed by atoms with E-state index in [9.17, 15) is 18.0 Å². The van der Waals surface area contributed by atoms with Gasteiger partial charge in [0, 0.05) is 24.5 Å². The van der Waals surface area contributed by atoms with E-state index in [0.29, 0.717) is 6.08 Å². The van der Waals surface area contributed by atoms with Crippen LogP contribution in [0.25, 0.3) is 0 Å². The predicted octanol–water partition coefficient (Wildman–Crippen LogP) is 3.41. The van der Waals surface area contributed by atoms with Crippen LogP contribution in [0.3, 0.4) is 0 Å². The lowest BCUT2D eigenvalue weighted by Crippen LogP contribution is -2.20. The van der Waals surface area contributed by atoms with Crippen LogP contribution in [-0.2, 0) is 4.79 Å². The summed E-state index contributed by atoms with van der Waals surface area (Å²) in [6.07, 6.45) is 3.07. The van der Waals surface area contributed by atoms with Gasteiger partial charge in [0.05, 0.1) is 0 Å². The van der Waals surface area contributed by atoms with Gasteiger partial charge < -0.3 is 4.90 Å². The summed E-state index contributed by atoms with van der Waals surface area (Å²) < 4.78 is 36.5. The zero-order valence-corrected chi connectivity index (χ0v) is 11.9. The quantitative estimate of drug-likeness (QED) is 0.572. The monoisotopic (exact) mass is 293 g/mol. The Morgan fingerprint density at radius 1 is 1.26 bits per heavy atom. The minimum atomic E-state index is -4.79. The highest BCUT2D eigenvalue weighted by atomic mass is 32.2. The van der Waals surface area contributed by atoms with Crippen LogP contribution >= 0.6 is 11.8 Å². The summed E-state index contributed by atoms with van der Waals surface area (Å²) in [4.78, 5) is 12.9. The number of rotatable bonds is 5. The highest BCUT2D eigenvalue weighted by molar-refractivity contribution is 7.99. The summed E-state index contributed by atoms with van der Waals surface area (Å²) in [6, 6.07) is 0. The molecule has 1 fully saturated rings. The van der Waals surface area contributed by atoms with Crippen molar-refractivity contribution in [1.29, 1.82) is 0 Å². The molecule has 1 aliphatic rings. The molecule has 0 radical (unpaired) electrons. The van der Waals surface area contributed by atoms with Gasteiger partial charge in [-0.3, -0.25) is 4.79 Å². The number of ketones is 1. The van der Waals surface area contributed by atoms with Gasteiger partial charge in [-0.1, -0.05) is 6.08 Å². The van der Waals surface area contributed by atoms with Crippen molar-refractivity contribution in [3.05, 3.63) is 23.9 Å². The van der Waals surface area contributed by atoms with E-state index in [0.717, 1.165) is 31.5 Å². The van der Waals surface area contributed by atoms with E-state index in [-0.39, 0.29) is 5.25 Å². The lowest BCUT2D eigenvalue weighted by atomic mass is 10.1. The zero-order chi connectivity index (χ0) is 14.5. The fourth-order valence-corrected chi connectivity index (χ4v) is 2.18. The van der Waals surface area contributed by atoms with E-state index in [1.807, 2.05) is 19.4 Å². The highest BCUT2D eigenvalue weighted by Gasteiger charge is 2.36. The van der Waals surface area contributed by atoms with Crippen molar-refractivity contribution in [3.63, 3.8) is 0 Å². The summed E-state index contributed by atoms with van der Waals surface area (Å²) >= 11 is 1.54. The normalized spacial score (nSPS) is 19.2. The molecule has 0 bridgehead atoms. The molecule has 0 aromatic heterocycles. The molecule has 0 amide bonds. The van der Waals surface area contributed by atoms with Crippen LogP contribution in [0, 0.1) is 0 Å². The molecule has 2 nitrogen and oxygen atoms in total. The van der Waals surface area contributed by atoms with Gasteiger partial charge in [-0.05, 0) is 37.7 Å². The number of thioether (sulfide) groups is 1. The van der Waals surface area contributed by atoms with Crippen LogP contribution in [0.15, 0.2) is 23.9 Å². The van der Waals surface area contributed by atoms with Gasteiger partial charge in [0.15, 0.2) is 0 Å². The Labute approximate surface area is 115 Å². The average Bonchev–Trinajstić information content (AvgIpc) is 2.84. The number of carbonyl (C=O) groups is 1. The Balaban J connectivity index is 2.80. The number of hydrogen-bond donors (Lipinski definition) is 0. The summed E-state index contributed by atoms with van der Waals surface area (Å²) in [7, 11) is 0. The van der Waals surface area contributed by atoms with Crippen LogP contribution < -0.4 is 0 Å². The number of halogens is 3. The number of likely N-dealkylation sites (tertiary alicyclic amines) is 1. The lowest BCUT2D eigenvalue weighted by molar-refractivity contribution is -0.165. The van der Waals surface area contributed by atoms with Gasteiger partial charge in [-0.2, -0.15) is 24.9 Å². The number of carbonyl (C=O) groups excluding carboxylic acids is 1. The predicted molar refractivity (Wildman–Crippen MR) is 72.1 cm³/mol. The minimum absolute atomic E-state index is 0.0536. The first kappa shape index (κ1) is 16.1. The molecule has 1 saturated heterocycles. The summed E-state index contributed by atoms with van der Waals surface area (Å²) in [5.74, 6) is -1.81. The number of hydrogen-bond acceptors (Lipinski definition) is 3. The molecular formula is C13H18F3NOS. The Bertz CT molecular complexity index is 371. The Morgan fingerprint density at radius 2 is 1.84 bits per heavy atom. The van der Waals surface area contributed by atoms with Crippen molar-refractivity contribution >= 4 is 17.5 Å². The molecule has 1 unspecified atom stereocenters. The maximum Gasteiger partial charge on any atom is 0.454 e. The summed E-state index contributed by atoms with van der Waals surface area (Å²) in [5.41, 5.74) is 0.743. The first-order chi connectivity index (χ1) is 8.84.